The minimum absolute atomic E-state index is 0.0294. The molecule has 3 heteroatoms. The van der Waals surface area contributed by atoms with Gasteiger partial charge in [-0.1, -0.05) is 37.3 Å². The molecule has 0 heterocycles. The second-order valence-corrected chi connectivity index (χ2v) is 5.08. The van der Waals surface area contributed by atoms with Gasteiger partial charge in [-0.25, -0.2) is 4.39 Å². The van der Waals surface area contributed by atoms with Gasteiger partial charge >= 0.3 is 0 Å². The first-order valence-corrected chi connectivity index (χ1v) is 7.35. The molecule has 0 saturated carbocycles. The summed E-state index contributed by atoms with van der Waals surface area (Å²) in [6.45, 7) is 2.97. The van der Waals surface area contributed by atoms with Gasteiger partial charge in [0.25, 0.3) is 0 Å². The van der Waals surface area contributed by atoms with Crippen LogP contribution < -0.4 is 10.1 Å². The Morgan fingerprint density at radius 2 is 1.95 bits per heavy atom. The van der Waals surface area contributed by atoms with E-state index in [-0.39, 0.29) is 11.9 Å². The predicted octanol–water partition coefficient (Wildman–Crippen LogP) is 4.12. The summed E-state index contributed by atoms with van der Waals surface area (Å²) in [4.78, 5) is 0. The van der Waals surface area contributed by atoms with Crippen molar-refractivity contribution in [2.45, 2.75) is 25.8 Å². The highest BCUT2D eigenvalue weighted by Crippen LogP contribution is 2.23. The highest BCUT2D eigenvalue weighted by Gasteiger charge is 2.15. The Hall–Kier alpha value is -1.87. The number of ether oxygens (including phenoxy) is 1. The van der Waals surface area contributed by atoms with Gasteiger partial charge < -0.3 is 10.1 Å². The lowest BCUT2D eigenvalue weighted by Crippen LogP contribution is -2.25. The van der Waals surface area contributed by atoms with Gasteiger partial charge in [0.15, 0.2) is 0 Å². The second kappa shape index (κ2) is 7.79. The lowest BCUT2D eigenvalue weighted by Gasteiger charge is -2.20. The summed E-state index contributed by atoms with van der Waals surface area (Å²) in [5, 5.41) is 3.43. The average molecular weight is 287 g/mol. The smallest absolute Gasteiger partial charge is 0.127 e. The summed E-state index contributed by atoms with van der Waals surface area (Å²) in [5.74, 6) is 0.671. The summed E-state index contributed by atoms with van der Waals surface area (Å²) in [6.07, 6.45) is 1.75. The van der Waals surface area contributed by atoms with Gasteiger partial charge in [0.1, 0.15) is 11.6 Å². The lowest BCUT2D eigenvalue weighted by atomic mass is 9.98. The van der Waals surface area contributed by atoms with E-state index >= 15 is 0 Å². The molecule has 0 aliphatic heterocycles. The minimum Gasteiger partial charge on any atom is -0.497 e. The highest BCUT2D eigenvalue weighted by atomic mass is 19.1. The number of methoxy groups -OCH3 is 1. The van der Waals surface area contributed by atoms with E-state index in [1.54, 1.807) is 13.2 Å². The summed E-state index contributed by atoms with van der Waals surface area (Å²) in [6, 6.07) is 14.9. The molecule has 0 amide bonds. The molecule has 0 fully saturated rings. The van der Waals surface area contributed by atoms with Crippen LogP contribution in [0.2, 0.25) is 0 Å². The Morgan fingerprint density at radius 1 is 1.14 bits per heavy atom. The van der Waals surface area contributed by atoms with Crippen LogP contribution in [-0.4, -0.2) is 13.7 Å². The van der Waals surface area contributed by atoms with Crippen LogP contribution in [0.1, 0.15) is 30.5 Å². The first-order chi connectivity index (χ1) is 10.2. The number of nitrogens with one attached hydrogen (secondary N) is 1. The van der Waals surface area contributed by atoms with Crippen molar-refractivity contribution in [1.82, 2.24) is 5.32 Å². The molecule has 0 aromatic heterocycles. The number of hydrogen-bond acceptors (Lipinski definition) is 2. The van der Waals surface area contributed by atoms with Crippen molar-refractivity contribution in [3.63, 3.8) is 0 Å². The van der Waals surface area contributed by atoms with Crippen LogP contribution in [0, 0.1) is 5.82 Å². The molecule has 0 aliphatic rings. The van der Waals surface area contributed by atoms with E-state index < -0.39 is 0 Å². The number of benzene rings is 2. The van der Waals surface area contributed by atoms with E-state index in [2.05, 4.69) is 12.2 Å². The van der Waals surface area contributed by atoms with Gasteiger partial charge in [-0.05, 0) is 43.1 Å². The Balaban J connectivity index is 2.21. The molecule has 1 N–H and O–H groups in total. The van der Waals surface area contributed by atoms with Gasteiger partial charge in [0.2, 0.25) is 0 Å². The third-order valence-corrected chi connectivity index (χ3v) is 3.50. The SMILES string of the molecule is CCCNC(Cc1cccc(OC)c1)c1ccccc1F. The topological polar surface area (TPSA) is 21.3 Å². The van der Waals surface area contributed by atoms with Crippen molar-refractivity contribution < 1.29 is 9.13 Å². The average Bonchev–Trinajstić information content (AvgIpc) is 2.52. The fraction of sp³-hybridized carbons (Fsp3) is 0.333. The quantitative estimate of drug-likeness (QED) is 0.827. The zero-order valence-corrected chi connectivity index (χ0v) is 12.6. The summed E-state index contributed by atoms with van der Waals surface area (Å²) in [7, 11) is 1.66. The summed E-state index contributed by atoms with van der Waals surface area (Å²) < 4.78 is 19.3. The molecule has 2 nitrogen and oxygen atoms in total. The van der Waals surface area contributed by atoms with E-state index in [9.17, 15) is 4.39 Å². The van der Waals surface area contributed by atoms with Crippen LogP contribution >= 0.6 is 0 Å². The van der Waals surface area contributed by atoms with E-state index in [0.717, 1.165) is 30.7 Å². The van der Waals surface area contributed by atoms with E-state index in [4.69, 9.17) is 4.74 Å². The van der Waals surface area contributed by atoms with Crippen LogP contribution in [-0.2, 0) is 6.42 Å². The Morgan fingerprint density at radius 3 is 2.67 bits per heavy atom. The molecular formula is C18H22FNO. The predicted molar refractivity (Wildman–Crippen MR) is 84.1 cm³/mol. The van der Waals surface area contributed by atoms with Crippen LogP contribution in [0.3, 0.4) is 0 Å². The summed E-state index contributed by atoms with van der Waals surface area (Å²) >= 11 is 0. The van der Waals surface area contributed by atoms with Crippen molar-refractivity contribution in [2.75, 3.05) is 13.7 Å². The Bertz CT molecular complexity index is 571. The third kappa shape index (κ3) is 4.30. The molecule has 0 spiro atoms. The van der Waals surface area contributed by atoms with Crippen LogP contribution in [0.4, 0.5) is 4.39 Å². The lowest BCUT2D eigenvalue weighted by molar-refractivity contribution is 0.413. The van der Waals surface area contributed by atoms with Crippen molar-refractivity contribution in [2.24, 2.45) is 0 Å². The maximum Gasteiger partial charge on any atom is 0.127 e. The highest BCUT2D eigenvalue weighted by molar-refractivity contribution is 5.31. The van der Waals surface area contributed by atoms with Gasteiger partial charge in [0.05, 0.1) is 7.11 Å². The Labute approximate surface area is 126 Å². The molecule has 0 radical (unpaired) electrons. The van der Waals surface area contributed by atoms with Crippen molar-refractivity contribution >= 4 is 0 Å². The van der Waals surface area contributed by atoms with Crippen LogP contribution in [0.25, 0.3) is 0 Å². The van der Waals surface area contributed by atoms with Crippen LogP contribution in [0.5, 0.6) is 5.75 Å². The van der Waals surface area contributed by atoms with Gasteiger partial charge in [-0.2, -0.15) is 0 Å². The molecule has 1 unspecified atom stereocenters. The van der Waals surface area contributed by atoms with E-state index in [1.165, 1.54) is 6.07 Å². The number of rotatable bonds is 7. The van der Waals surface area contributed by atoms with Gasteiger partial charge in [-0.15, -0.1) is 0 Å². The maximum absolute atomic E-state index is 14.1. The molecular weight excluding hydrogens is 265 g/mol. The van der Waals surface area contributed by atoms with E-state index in [0.29, 0.717) is 5.56 Å². The molecule has 0 saturated heterocycles. The van der Waals surface area contributed by atoms with Gasteiger partial charge in [-0.3, -0.25) is 0 Å². The van der Waals surface area contributed by atoms with Crippen LogP contribution in [0.15, 0.2) is 48.5 Å². The standard InChI is InChI=1S/C18H22FNO/c1-3-11-20-18(16-9-4-5-10-17(16)19)13-14-7-6-8-15(12-14)21-2/h4-10,12,18,20H,3,11,13H2,1-2H3. The second-order valence-electron chi connectivity index (χ2n) is 5.08. The molecule has 2 rings (SSSR count). The largest absolute Gasteiger partial charge is 0.497 e. The third-order valence-electron chi connectivity index (χ3n) is 3.50. The number of hydrogen-bond donors (Lipinski definition) is 1. The monoisotopic (exact) mass is 287 g/mol. The normalized spacial score (nSPS) is 12.1. The summed E-state index contributed by atoms with van der Waals surface area (Å²) in [5.41, 5.74) is 1.85. The fourth-order valence-corrected chi connectivity index (χ4v) is 2.40. The number of halogens is 1. The minimum atomic E-state index is -0.158. The zero-order valence-electron chi connectivity index (χ0n) is 12.6. The zero-order chi connectivity index (χ0) is 15.1. The molecule has 21 heavy (non-hydrogen) atoms. The first kappa shape index (κ1) is 15.5. The maximum atomic E-state index is 14.1. The van der Waals surface area contributed by atoms with Gasteiger partial charge in [0, 0.05) is 11.6 Å². The van der Waals surface area contributed by atoms with Crippen molar-refractivity contribution in [3.05, 3.63) is 65.5 Å². The first-order valence-electron chi connectivity index (χ1n) is 7.35. The molecule has 2 aromatic carbocycles. The molecule has 0 bridgehead atoms. The molecule has 2 aromatic rings. The molecule has 112 valence electrons. The Kier molecular flexibility index (Phi) is 5.76. The van der Waals surface area contributed by atoms with Crippen molar-refractivity contribution in [1.29, 1.82) is 0 Å². The molecule has 0 aliphatic carbocycles. The fourth-order valence-electron chi connectivity index (χ4n) is 2.40. The van der Waals surface area contributed by atoms with Crippen molar-refractivity contribution in [3.8, 4) is 5.75 Å². The molecule has 1 atom stereocenters. The van der Waals surface area contributed by atoms with E-state index in [1.807, 2.05) is 36.4 Å².